The second kappa shape index (κ2) is 9.30. The quantitative estimate of drug-likeness (QED) is 0.665. The molecule has 1 N–H and O–H groups in total. The van der Waals surface area contributed by atoms with Crippen molar-refractivity contribution in [2.45, 2.75) is 38.3 Å². The summed E-state index contributed by atoms with van der Waals surface area (Å²) in [6.45, 7) is 1.96. The lowest BCUT2D eigenvalue weighted by atomic mass is 9.94. The van der Waals surface area contributed by atoms with Crippen molar-refractivity contribution in [3.05, 3.63) is 53.9 Å². The molecule has 150 valence electrons. The van der Waals surface area contributed by atoms with Crippen molar-refractivity contribution in [2.75, 3.05) is 13.1 Å². The van der Waals surface area contributed by atoms with Crippen LogP contribution in [-0.2, 0) is 13.2 Å². The van der Waals surface area contributed by atoms with Crippen molar-refractivity contribution in [1.29, 1.82) is 0 Å². The number of aromatic nitrogens is 3. The standard InChI is InChI=1S/C20H22F2N4O.ClH/c21-19(22)12-26-18-10-14(4-5-16(18)11-24-26)13-27-20-3-1-2-17(25-20)15-6-8-23-9-7-15;/h1-5,10-11,15,19,23H,6-9,12-13H2;1H. The average Bonchev–Trinajstić information content (AvgIpc) is 3.09. The Kier molecular flexibility index (Phi) is 6.80. The molecular formula is C20H23ClF2N4O. The van der Waals surface area contributed by atoms with E-state index in [4.69, 9.17) is 4.74 Å². The predicted octanol–water partition coefficient (Wildman–Crippen LogP) is 4.16. The zero-order valence-electron chi connectivity index (χ0n) is 15.4. The number of fused-ring (bicyclic) bond motifs is 1. The molecule has 0 radical (unpaired) electrons. The molecule has 1 aliphatic rings. The second-order valence-electron chi connectivity index (χ2n) is 6.82. The van der Waals surface area contributed by atoms with E-state index < -0.39 is 13.0 Å². The average molecular weight is 409 g/mol. The predicted molar refractivity (Wildman–Crippen MR) is 106 cm³/mol. The van der Waals surface area contributed by atoms with Crippen LogP contribution in [0.4, 0.5) is 8.78 Å². The zero-order chi connectivity index (χ0) is 18.6. The Morgan fingerprint density at radius 1 is 1.18 bits per heavy atom. The fraction of sp³-hybridized carbons (Fsp3) is 0.400. The molecule has 2 aromatic heterocycles. The molecule has 4 rings (SSSR count). The molecule has 5 nitrogen and oxygen atoms in total. The Morgan fingerprint density at radius 3 is 2.79 bits per heavy atom. The maximum atomic E-state index is 12.7. The third-order valence-corrected chi connectivity index (χ3v) is 4.91. The van der Waals surface area contributed by atoms with Gasteiger partial charge in [0.15, 0.2) is 0 Å². The highest BCUT2D eigenvalue weighted by atomic mass is 35.5. The summed E-state index contributed by atoms with van der Waals surface area (Å²) in [5, 5.41) is 8.24. The van der Waals surface area contributed by atoms with Gasteiger partial charge in [-0.3, -0.25) is 4.68 Å². The van der Waals surface area contributed by atoms with Crippen molar-refractivity contribution in [3.8, 4) is 5.88 Å². The van der Waals surface area contributed by atoms with Crippen molar-refractivity contribution >= 4 is 23.3 Å². The van der Waals surface area contributed by atoms with Gasteiger partial charge in [-0.1, -0.05) is 18.2 Å². The molecule has 3 heterocycles. The second-order valence-corrected chi connectivity index (χ2v) is 6.82. The summed E-state index contributed by atoms with van der Waals surface area (Å²) in [4.78, 5) is 4.65. The van der Waals surface area contributed by atoms with E-state index in [0.29, 0.717) is 23.9 Å². The summed E-state index contributed by atoms with van der Waals surface area (Å²) in [6.07, 6.45) is 1.34. The number of rotatable bonds is 6. The highest BCUT2D eigenvalue weighted by Gasteiger charge is 2.17. The van der Waals surface area contributed by atoms with Crippen LogP contribution in [0.15, 0.2) is 42.6 Å². The first kappa shape index (κ1) is 20.5. The number of halogens is 3. The van der Waals surface area contributed by atoms with Crippen molar-refractivity contribution in [1.82, 2.24) is 20.1 Å². The highest BCUT2D eigenvalue weighted by Crippen LogP contribution is 2.25. The van der Waals surface area contributed by atoms with Crippen LogP contribution >= 0.6 is 12.4 Å². The molecule has 0 aliphatic carbocycles. The molecule has 1 saturated heterocycles. The molecule has 0 atom stereocenters. The number of hydrogen-bond acceptors (Lipinski definition) is 4. The fourth-order valence-corrected chi connectivity index (χ4v) is 3.50. The molecule has 28 heavy (non-hydrogen) atoms. The Labute approximate surface area is 168 Å². The van der Waals surface area contributed by atoms with Gasteiger partial charge in [-0.15, -0.1) is 12.4 Å². The number of pyridine rings is 1. The largest absolute Gasteiger partial charge is 0.473 e. The van der Waals surface area contributed by atoms with Crippen LogP contribution in [0.5, 0.6) is 5.88 Å². The minimum absolute atomic E-state index is 0. The number of piperidine rings is 1. The zero-order valence-corrected chi connectivity index (χ0v) is 16.2. The van der Waals surface area contributed by atoms with Gasteiger partial charge in [0.05, 0.1) is 11.7 Å². The van der Waals surface area contributed by atoms with E-state index in [2.05, 4.69) is 21.5 Å². The third-order valence-electron chi connectivity index (χ3n) is 4.91. The van der Waals surface area contributed by atoms with Gasteiger partial charge in [-0.25, -0.2) is 13.8 Å². The highest BCUT2D eigenvalue weighted by molar-refractivity contribution is 5.85. The van der Waals surface area contributed by atoms with Gasteiger partial charge in [-0.2, -0.15) is 5.10 Å². The Hall–Kier alpha value is -2.25. The van der Waals surface area contributed by atoms with Crippen molar-refractivity contribution < 1.29 is 13.5 Å². The lowest BCUT2D eigenvalue weighted by Crippen LogP contribution is -2.27. The van der Waals surface area contributed by atoms with Gasteiger partial charge in [0, 0.05) is 23.1 Å². The van der Waals surface area contributed by atoms with Crippen LogP contribution in [-0.4, -0.2) is 34.3 Å². The maximum absolute atomic E-state index is 12.7. The molecule has 8 heteroatoms. The Bertz CT molecular complexity index is 912. The summed E-state index contributed by atoms with van der Waals surface area (Å²) in [5.41, 5.74) is 2.65. The van der Waals surface area contributed by atoms with E-state index in [1.165, 1.54) is 4.68 Å². The minimum atomic E-state index is -2.44. The minimum Gasteiger partial charge on any atom is -0.473 e. The number of benzene rings is 1. The topological polar surface area (TPSA) is 52.0 Å². The summed E-state index contributed by atoms with van der Waals surface area (Å²) in [5.74, 6) is 1.06. The molecule has 1 aromatic carbocycles. The van der Waals surface area contributed by atoms with Gasteiger partial charge in [0.1, 0.15) is 13.2 Å². The molecule has 1 fully saturated rings. The Balaban J connectivity index is 0.00000225. The molecule has 3 aromatic rings. The van der Waals surface area contributed by atoms with E-state index in [1.54, 1.807) is 6.20 Å². The first-order valence-corrected chi connectivity index (χ1v) is 9.22. The van der Waals surface area contributed by atoms with Gasteiger partial charge < -0.3 is 10.1 Å². The molecule has 0 amide bonds. The first-order valence-electron chi connectivity index (χ1n) is 9.22. The third kappa shape index (κ3) is 4.77. The van der Waals surface area contributed by atoms with Crippen LogP contribution in [0.25, 0.3) is 10.9 Å². The lowest BCUT2D eigenvalue weighted by Gasteiger charge is -2.22. The monoisotopic (exact) mass is 408 g/mol. The SMILES string of the molecule is Cl.FC(F)Cn1ncc2ccc(COc3cccc(C4CCNCC4)n3)cc21. The van der Waals surface area contributed by atoms with Crippen molar-refractivity contribution in [3.63, 3.8) is 0 Å². The van der Waals surface area contributed by atoms with E-state index in [0.717, 1.165) is 42.6 Å². The van der Waals surface area contributed by atoms with Gasteiger partial charge in [0.2, 0.25) is 5.88 Å². The van der Waals surface area contributed by atoms with Crippen LogP contribution < -0.4 is 10.1 Å². The molecule has 1 aliphatic heterocycles. The van der Waals surface area contributed by atoms with Crippen LogP contribution in [0.1, 0.15) is 30.0 Å². The summed E-state index contributed by atoms with van der Waals surface area (Å²) < 4.78 is 32.6. The summed E-state index contributed by atoms with van der Waals surface area (Å²) in [7, 11) is 0. The number of alkyl halides is 2. The van der Waals surface area contributed by atoms with Gasteiger partial charge in [0.25, 0.3) is 6.43 Å². The summed E-state index contributed by atoms with van der Waals surface area (Å²) in [6, 6.07) is 11.5. The van der Waals surface area contributed by atoms with E-state index in [-0.39, 0.29) is 12.4 Å². The van der Waals surface area contributed by atoms with E-state index >= 15 is 0 Å². The van der Waals surface area contributed by atoms with E-state index in [1.807, 2.05) is 30.3 Å². The molecule has 0 bridgehead atoms. The van der Waals surface area contributed by atoms with Crippen LogP contribution in [0.3, 0.4) is 0 Å². The molecule has 0 spiro atoms. The number of hydrogen-bond donors (Lipinski definition) is 1. The summed E-state index contributed by atoms with van der Waals surface area (Å²) >= 11 is 0. The molecule has 0 saturated carbocycles. The molecule has 0 unspecified atom stereocenters. The normalized spacial score (nSPS) is 15.0. The van der Waals surface area contributed by atoms with Crippen molar-refractivity contribution in [2.24, 2.45) is 0 Å². The Morgan fingerprint density at radius 2 is 2.00 bits per heavy atom. The fourth-order valence-electron chi connectivity index (χ4n) is 3.50. The first-order chi connectivity index (χ1) is 13.2. The van der Waals surface area contributed by atoms with Gasteiger partial charge in [-0.05, 0) is 43.6 Å². The maximum Gasteiger partial charge on any atom is 0.257 e. The van der Waals surface area contributed by atoms with Gasteiger partial charge >= 0.3 is 0 Å². The van der Waals surface area contributed by atoms with Crippen LogP contribution in [0.2, 0.25) is 0 Å². The number of nitrogens with zero attached hydrogens (tertiary/aromatic N) is 3. The number of nitrogens with one attached hydrogen (secondary N) is 1. The number of ether oxygens (including phenoxy) is 1. The smallest absolute Gasteiger partial charge is 0.257 e. The van der Waals surface area contributed by atoms with Crippen LogP contribution in [0, 0.1) is 0 Å². The lowest BCUT2D eigenvalue weighted by molar-refractivity contribution is 0.123. The van der Waals surface area contributed by atoms with E-state index in [9.17, 15) is 8.78 Å². The molecular weight excluding hydrogens is 386 g/mol.